The number of aryl methyl sites for hydroxylation is 1. The lowest BCUT2D eigenvalue weighted by Crippen LogP contribution is -2.39. The number of hydrogen-bond acceptors (Lipinski definition) is 4. The first kappa shape index (κ1) is 15.9. The van der Waals surface area contributed by atoms with Gasteiger partial charge in [-0.3, -0.25) is 14.6 Å². The molecule has 6 nitrogen and oxygen atoms in total. The van der Waals surface area contributed by atoms with Gasteiger partial charge in [-0.2, -0.15) is 5.10 Å². The van der Waals surface area contributed by atoms with Crippen LogP contribution in [0.5, 0.6) is 0 Å². The van der Waals surface area contributed by atoms with E-state index in [4.69, 9.17) is 0 Å². The summed E-state index contributed by atoms with van der Waals surface area (Å²) in [5.41, 5.74) is 2.89. The maximum atomic E-state index is 12.3. The molecule has 1 N–H and O–H groups in total. The van der Waals surface area contributed by atoms with E-state index < -0.39 is 0 Å². The smallest absolute Gasteiger partial charge is 0.267 e. The van der Waals surface area contributed by atoms with Crippen LogP contribution in [-0.2, 0) is 16.1 Å². The average Bonchev–Trinajstić information content (AvgIpc) is 2.62. The van der Waals surface area contributed by atoms with Crippen LogP contribution in [0.25, 0.3) is 0 Å². The highest BCUT2D eigenvalue weighted by Gasteiger charge is 2.25. The van der Waals surface area contributed by atoms with Crippen LogP contribution >= 0.6 is 0 Å². The summed E-state index contributed by atoms with van der Waals surface area (Å²) in [6, 6.07) is 13.0. The van der Waals surface area contributed by atoms with Crippen LogP contribution in [0.1, 0.15) is 24.1 Å². The average molecular weight is 322 g/mol. The second-order valence-corrected chi connectivity index (χ2v) is 5.59. The second kappa shape index (κ2) is 7.04. The molecule has 1 aliphatic heterocycles. The number of rotatable bonds is 4. The Morgan fingerprint density at radius 3 is 2.67 bits per heavy atom. The Kier molecular flexibility index (Phi) is 4.65. The highest BCUT2D eigenvalue weighted by molar-refractivity contribution is 6.40. The molecule has 2 amide bonds. The van der Waals surface area contributed by atoms with Gasteiger partial charge in [-0.05, 0) is 31.2 Å². The van der Waals surface area contributed by atoms with Crippen molar-refractivity contribution in [3.8, 4) is 0 Å². The molecule has 0 saturated carbocycles. The van der Waals surface area contributed by atoms with Crippen molar-refractivity contribution in [1.29, 1.82) is 0 Å². The van der Waals surface area contributed by atoms with Gasteiger partial charge in [-0.1, -0.05) is 23.8 Å². The molecular weight excluding hydrogens is 304 g/mol. The number of carbonyl (C=O) groups excluding carboxylic acids is 2. The molecule has 1 aromatic carbocycles. The van der Waals surface area contributed by atoms with Gasteiger partial charge in [-0.15, -0.1) is 0 Å². The number of aromatic nitrogens is 1. The van der Waals surface area contributed by atoms with Crippen LogP contribution in [0.15, 0.2) is 53.8 Å². The van der Waals surface area contributed by atoms with Crippen molar-refractivity contribution in [1.82, 2.24) is 10.3 Å². The SMILES string of the molecule is Cc1ccc(N2N=C(C(=O)NCc3ccccn3)CCC2=O)cc1. The summed E-state index contributed by atoms with van der Waals surface area (Å²) in [6.45, 7) is 2.30. The van der Waals surface area contributed by atoms with E-state index in [1.54, 1.807) is 6.20 Å². The van der Waals surface area contributed by atoms with E-state index in [1.165, 1.54) is 5.01 Å². The summed E-state index contributed by atoms with van der Waals surface area (Å²) >= 11 is 0. The Hall–Kier alpha value is -3.02. The monoisotopic (exact) mass is 322 g/mol. The maximum absolute atomic E-state index is 12.3. The molecule has 0 spiro atoms. The van der Waals surface area contributed by atoms with Gasteiger partial charge in [0, 0.05) is 19.0 Å². The fourth-order valence-corrected chi connectivity index (χ4v) is 2.38. The zero-order valence-corrected chi connectivity index (χ0v) is 13.4. The van der Waals surface area contributed by atoms with E-state index in [1.807, 2.05) is 49.4 Å². The van der Waals surface area contributed by atoms with E-state index in [0.29, 0.717) is 24.4 Å². The van der Waals surface area contributed by atoms with Gasteiger partial charge >= 0.3 is 0 Å². The number of benzene rings is 1. The number of carbonyl (C=O) groups is 2. The van der Waals surface area contributed by atoms with Gasteiger partial charge in [-0.25, -0.2) is 5.01 Å². The lowest BCUT2D eigenvalue weighted by atomic mass is 10.1. The standard InChI is InChI=1S/C18H18N4O2/c1-13-5-7-15(8-6-13)22-17(23)10-9-16(21-22)18(24)20-12-14-4-2-3-11-19-14/h2-8,11H,9-10,12H2,1H3,(H,20,24). The summed E-state index contributed by atoms with van der Waals surface area (Å²) < 4.78 is 0. The van der Waals surface area contributed by atoms with Crippen molar-refractivity contribution in [3.05, 3.63) is 59.9 Å². The third kappa shape index (κ3) is 3.65. The number of hydrazone groups is 1. The zero-order chi connectivity index (χ0) is 16.9. The Morgan fingerprint density at radius 1 is 1.17 bits per heavy atom. The first-order chi connectivity index (χ1) is 11.6. The molecule has 1 aromatic heterocycles. The first-order valence-corrected chi connectivity index (χ1v) is 7.79. The largest absolute Gasteiger partial charge is 0.345 e. The fourth-order valence-electron chi connectivity index (χ4n) is 2.38. The normalized spacial score (nSPS) is 14.3. The second-order valence-electron chi connectivity index (χ2n) is 5.59. The molecule has 0 radical (unpaired) electrons. The molecule has 122 valence electrons. The molecule has 3 rings (SSSR count). The van der Waals surface area contributed by atoms with Crippen LogP contribution < -0.4 is 10.3 Å². The molecule has 2 aromatic rings. The van der Waals surface area contributed by atoms with Crippen molar-refractivity contribution in [3.63, 3.8) is 0 Å². The molecule has 0 unspecified atom stereocenters. The number of hydrogen-bond donors (Lipinski definition) is 1. The van der Waals surface area contributed by atoms with Crippen LogP contribution in [0.2, 0.25) is 0 Å². The molecule has 0 fully saturated rings. The Balaban J connectivity index is 1.72. The van der Waals surface area contributed by atoms with Crippen LogP contribution in [0.3, 0.4) is 0 Å². The number of nitrogens with zero attached hydrogens (tertiary/aromatic N) is 3. The highest BCUT2D eigenvalue weighted by Crippen LogP contribution is 2.20. The molecule has 0 saturated heterocycles. The lowest BCUT2D eigenvalue weighted by Gasteiger charge is -2.23. The molecular formula is C18H18N4O2. The number of pyridine rings is 1. The Labute approximate surface area is 140 Å². The molecule has 0 bridgehead atoms. The zero-order valence-electron chi connectivity index (χ0n) is 13.4. The third-order valence-corrected chi connectivity index (χ3v) is 3.73. The number of anilines is 1. The van der Waals surface area contributed by atoms with Crippen LogP contribution in [-0.4, -0.2) is 22.5 Å². The minimum atomic E-state index is -0.273. The van der Waals surface area contributed by atoms with Crippen molar-refractivity contribution < 1.29 is 9.59 Å². The molecule has 24 heavy (non-hydrogen) atoms. The maximum Gasteiger partial charge on any atom is 0.267 e. The Morgan fingerprint density at radius 2 is 1.96 bits per heavy atom. The fraction of sp³-hybridized carbons (Fsp3) is 0.222. The first-order valence-electron chi connectivity index (χ1n) is 7.79. The molecule has 0 aliphatic carbocycles. The Bertz CT molecular complexity index is 769. The number of nitrogens with one attached hydrogen (secondary N) is 1. The highest BCUT2D eigenvalue weighted by atomic mass is 16.2. The molecule has 1 aliphatic rings. The van der Waals surface area contributed by atoms with Crippen molar-refractivity contribution in [2.24, 2.45) is 5.10 Å². The van der Waals surface area contributed by atoms with Gasteiger partial charge in [0.25, 0.3) is 5.91 Å². The third-order valence-electron chi connectivity index (χ3n) is 3.73. The van der Waals surface area contributed by atoms with E-state index >= 15 is 0 Å². The summed E-state index contributed by atoms with van der Waals surface area (Å²) in [4.78, 5) is 28.6. The van der Waals surface area contributed by atoms with E-state index in [9.17, 15) is 9.59 Å². The van der Waals surface area contributed by atoms with Crippen LogP contribution in [0.4, 0.5) is 5.69 Å². The number of amides is 2. The van der Waals surface area contributed by atoms with Gasteiger partial charge in [0.2, 0.25) is 5.91 Å². The minimum absolute atomic E-state index is 0.111. The quantitative estimate of drug-likeness (QED) is 0.937. The van der Waals surface area contributed by atoms with E-state index in [2.05, 4.69) is 15.4 Å². The van der Waals surface area contributed by atoms with Crippen LogP contribution in [0, 0.1) is 6.92 Å². The van der Waals surface area contributed by atoms with Gasteiger partial charge in [0.05, 0.1) is 17.9 Å². The topological polar surface area (TPSA) is 74.7 Å². The summed E-state index contributed by atoms with van der Waals surface area (Å²) in [5.74, 6) is -0.384. The van der Waals surface area contributed by atoms with Gasteiger partial charge in [0.1, 0.15) is 5.71 Å². The molecule has 2 heterocycles. The molecule has 6 heteroatoms. The summed E-state index contributed by atoms with van der Waals surface area (Å²) in [7, 11) is 0. The predicted molar refractivity (Wildman–Crippen MR) is 91.4 cm³/mol. The van der Waals surface area contributed by atoms with Gasteiger partial charge in [0.15, 0.2) is 0 Å². The minimum Gasteiger partial charge on any atom is -0.345 e. The van der Waals surface area contributed by atoms with Gasteiger partial charge < -0.3 is 5.32 Å². The van der Waals surface area contributed by atoms with Crippen molar-refractivity contribution >= 4 is 23.2 Å². The summed E-state index contributed by atoms with van der Waals surface area (Å²) in [5, 5.41) is 8.34. The lowest BCUT2D eigenvalue weighted by molar-refractivity contribution is -0.119. The predicted octanol–water partition coefficient (Wildman–Crippen LogP) is 2.19. The summed E-state index contributed by atoms with van der Waals surface area (Å²) in [6.07, 6.45) is 2.29. The van der Waals surface area contributed by atoms with Crippen molar-refractivity contribution in [2.45, 2.75) is 26.3 Å². The van der Waals surface area contributed by atoms with Crippen molar-refractivity contribution in [2.75, 3.05) is 5.01 Å². The molecule has 0 atom stereocenters. The van der Waals surface area contributed by atoms with E-state index in [-0.39, 0.29) is 18.2 Å². The van der Waals surface area contributed by atoms with E-state index in [0.717, 1.165) is 11.3 Å².